The molecule has 1 N–H and O–H groups in total. The van der Waals surface area contributed by atoms with Crippen LogP contribution in [0.25, 0.3) is 10.9 Å². The lowest BCUT2D eigenvalue weighted by atomic mass is 9.70. The summed E-state index contributed by atoms with van der Waals surface area (Å²) < 4.78 is 0. The van der Waals surface area contributed by atoms with Crippen molar-refractivity contribution in [3.63, 3.8) is 0 Å². The van der Waals surface area contributed by atoms with Crippen molar-refractivity contribution in [3.05, 3.63) is 71.4 Å². The highest BCUT2D eigenvalue weighted by Crippen LogP contribution is 2.45. The van der Waals surface area contributed by atoms with Gasteiger partial charge in [-0.25, -0.2) is 0 Å². The average molecular weight is 421 g/mol. The summed E-state index contributed by atoms with van der Waals surface area (Å²) in [6.45, 7) is 0.190. The molecular weight excluding hydrogens is 396 g/mol. The van der Waals surface area contributed by atoms with Crippen LogP contribution in [0, 0.1) is 5.41 Å². The monoisotopic (exact) mass is 420 g/mol. The van der Waals surface area contributed by atoms with Gasteiger partial charge in [-0.1, -0.05) is 30.3 Å². The van der Waals surface area contributed by atoms with Crippen molar-refractivity contribution in [1.82, 2.24) is 4.98 Å². The number of ketones is 1. The standard InChI is InChI=1S/C24H22N2O3.H2S/c27-15-22(28)18-6-5-16-7-8-24(13-19(16)11-18)9-10-26(23(24)29)20-12-17-3-1-2-4-21(17)25-14-20;/h1-6,11-12,14,27H,7-10,13,15H2;1H2/t24-;/m1./s1. The predicted octanol–water partition coefficient (Wildman–Crippen LogP) is 3.43. The van der Waals surface area contributed by atoms with Crippen LogP contribution in [0.3, 0.4) is 0 Å². The molecule has 0 saturated carbocycles. The number of carbonyl (C=O) groups is 2. The molecule has 30 heavy (non-hydrogen) atoms. The molecular formula is C24H24N2O3S. The van der Waals surface area contributed by atoms with Gasteiger partial charge in [0.2, 0.25) is 5.91 Å². The number of carbonyl (C=O) groups excluding carboxylic acids is 2. The van der Waals surface area contributed by atoms with Crippen molar-refractivity contribution < 1.29 is 14.7 Å². The Morgan fingerprint density at radius 2 is 1.93 bits per heavy atom. The number of benzene rings is 2. The molecule has 1 saturated heterocycles. The Morgan fingerprint density at radius 3 is 2.77 bits per heavy atom. The summed E-state index contributed by atoms with van der Waals surface area (Å²) in [5, 5.41) is 10.2. The third kappa shape index (κ3) is 3.30. The van der Waals surface area contributed by atoms with Crippen molar-refractivity contribution in [1.29, 1.82) is 0 Å². The molecule has 154 valence electrons. The average Bonchev–Trinajstić information content (AvgIpc) is 3.07. The van der Waals surface area contributed by atoms with Gasteiger partial charge in [-0.2, -0.15) is 13.5 Å². The SMILES string of the molecule is O=C(CO)c1ccc2c(c1)C[C@@]1(CC2)CCN(c2cnc3ccccc3c2)C1=O.S. The van der Waals surface area contributed by atoms with E-state index in [-0.39, 0.29) is 25.2 Å². The topological polar surface area (TPSA) is 70.5 Å². The van der Waals surface area contributed by atoms with E-state index in [2.05, 4.69) is 4.98 Å². The van der Waals surface area contributed by atoms with Crippen LogP contribution in [-0.2, 0) is 17.6 Å². The zero-order valence-electron chi connectivity index (χ0n) is 16.6. The number of Topliss-reactive ketones (excluding diaryl/α,β-unsaturated/α-hetero) is 1. The third-order valence-corrected chi connectivity index (χ3v) is 6.47. The maximum absolute atomic E-state index is 13.5. The second-order valence-corrected chi connectivity index (χ2v) is 8.11. The van der Waals surface area contributed by atoms with Crippen LogP contribution in [0.15, 0.2) is 54.7 Å². The smallest absolute Gasteiger partial charge is 0.233 e. The molecule has 5 rings (SSSR count). The van der Waals surface area contributed by atoms with Crippen LogP contribution >= 0.6 is 13.5 Å². The van der Waals surface area contributed by atoms with Gasteiger partial charge in [-0.15, -0.1) is 0 Å². The van der Waals surface area contributed by atoms with E-state index in [1.165, 1.54) is 5.56 Å². The Labute approximate surface area is 182 Å². The fourth-order valence-electron chi connectivity index (χ4n) is 4.80. The van der Waals surface area contributed by atoms with E-state index in [9.17, 15) is 9.59 Å². The van der Waals surface area contributed by atoms with Gasteiger partial charge in [0.25, 0.3) is 0 Å². The highest BCUT2D eigenvalue weighted by Gasteiger charge is 2.48. The molecule has 3 aromatic rings. The van der Waals surface area contributed by atoms with Crippen molar-refractivity contribution in [2.75, 3.05) is 18.1 Å². The number of hydrogen-bond donors (Lipinski definition) is 1. The molecule has 0 radical (unpaired) electrons. The number of aromatic nitrogens is 1. The van der Waals surface area contributed by atoms with E-state index in [0.717, 1.165) is 41.4 Å². The van der Waals surface area contributed by atoms with Gasteiger partial charge >= 0.3 is 0 Å². The molecule has 1 amide bonds. The summed E-state index contributed by atoms with van der Waals surface area (Å²) >= 11 is 0. The Hall–Kier alpha value is -2.70. The number of hydrogen-bond acceptors (Lipinski definition) is 4. The number of aliphatic hydroxyl groups excluding tert-OH is 1. The van der Waals surface area contributed by atoms with E-state index in [1.807, 2.05) is 47.4 Å². The Bertz CT molecular complexity index is 1150. The third-order valence-electron chi connectivity index (χ3n) is 6.47. The van der Waals surface area contributed by atoms with Crippen LogP contribution in [0.5, 0.6) is 0 Å². The quantitative estimate of drug-likeness (QED) is 0.659. The number of aryl methyl sites for hydroxylation is 1. The first kappa shape index (κ1) is 20.6. The van der Waals surface area contributed by atoms with Crippen molar-refractivity contribution >= 4 is 41.8 Å². The molecule has 2 heterocycles. The molecule has 2 aliphatic rings. The maximum atomic E-state index is 13.5. The minimum absolute atomic E-state index is 0. The summed E-state index contributed by atoms with van der Waals surface area (Å²) in [6.07, 6.45) is 4.89. The molecule has 1 atom stereocenters. The lowest BCUT2D eigenvalue weighted by Crippen LogP contribution is -2.38. The van der Waals surface area contributed by atoms with Gasteiger partial charge < -0.3 is 10.0 Å². The van der Waals surface area contributed by atoms with E-state index in [0.29, 0.717) is 18.5 Å². The number of anilines is 1. The molecule has 0 bridgehead atoms. The number of pyridine rings is 1. The number of aliphatic hydroxyl groups is 1. The minimum Gasteiger partial charge on any atom is -0.388 e. The number of amides is 1. The number of rotatable bonds is 3. The number of fused-ring (bicyclic) bond motifs is 2. The van der Waals surface area contributed by atoms with Gasteiger partial charge in [0.15, 0.2) is 5.78 Å². The van der Waals surface area contributed by atoms with Crippen LogP contribution in [0.2, 0.25) is 0 Å². The van der Waals surface area contributed by atoms with Crippen LogP contribution < -0.4 is 4.90 Å². The fourth-order valence-corrected chi connectivity index (χ4v) is 4.80. The first-order chi connectivity index (χ1) is 14.1. The summed E-state index contributed by atoms with van der Waals surface area (Å²) in [5.74, 6) is -0.131. The lowest BCUT2D eigenvalue weighted by Gasteiger charge is -2.33. The maximum Gasteiger partial charge on any atom is 0.233 e. The zero-order chi connectivity index (χ0) is 20.0. The molecule has 1 aliphatic carbocycles. The largest absolute Gasteiger partial charge is 0.388 e. The molecule has 1 fully saturated rings. The number of para-hydroxylation sites is 1. The van der Waals surface area contributed by atoms with Gasteiger partial charge in [0, 0.05) is 17.5 Å². The van der Waals surface area contributed by atoms with E-state index in [1.54, 1.807) is 12.3 Å². The fraction of sp³-hybridized carbons (Fsp3) is 0.292. The normalized spacial score (nSPS) is 20.3. The molecule has 0 unspecified atom stereocenters. The van der Waals surface area contributed by atoms with Crippen LogP contribution in [0.4, 0.5) is 5.69 Å². The van der Waals surface area contributed by atoms with Crippen LogP contribution in [-0.4, -0.2) is 34.9 Å². The molecule has 2 aromatic carbocycles. The predicted molar refractivity (Wildman–Crippen MR) is 121 cm³/mol. The first-order valence-electron chi connectivity index (χ1n) is 10.0. The molecule has 1 spiro atoms. The summed E-state index contributed by atoms with van der Waals surface area (Å²) in [6, 6.07) is 15.6. The Balaban J connectivity index is 0.00000218. The lowest BCUT2D eigenvalue weighted by molar-refractivity contribution is -0.126. The van der Waals surface area contributed by atoms with Crippen LogP contribution in [0.1, 0.15) is 34.3 Å². The van der Waals surface area contributed by atoms with E-state index < -0.39 is 12.0 Å². The van der Waals surface area contributed by atoms with E-state index in [4.69, 9.17) is 5.11 Å². The van der Waals surface area contributed by atoms with Gasteiger partial charge in [-0.05, 0) is 55.0 Å². The van der Waals surface area contributed by atoms with Gasteiger partial charge in [-0.3, -0.25) is 14.6 Å². The summed E-state index contributed by atoms with van der Waals surface area (Å²) in [4.78, 5) is 31.8. The Morgan fingerprint density at radius 1 is 1.10 bits per heavy atom. The summed E-state index contributed by atoms with van der Waals surface area (Å²) in [7, 11) is 0. The second-order valence-electron chi connectivity index (χ2n) is 8.11. The van der Waals surface area contributed by atoms with Crippen molar-refractivity contribution in [3.8, 4) is 0 Å². The van der Waals surface area contributed by atoms with Crippen molar-refractivity contribution in [2.45, 2.75) is 25.7 Å². The molecule has 1 aromatic heterocycles. The molecule has 1 aliphatic heterocycles. The highest BCUT2D eigenvalue weighted by molar-refractivity contribution is 7.59. The van der Waals surface area contributed by atoms with Crippen molar-refractivity contribution in [2.24, 2.45) is 5.41 Å². The number of nitrogens with zero attached hydrogens (tertiary/aromatic N) is 2. The Kier molecular flexibility index (Phi) is 5.38. The highest BCUT2D eigenvalue weighted by atomic mass is 32.1. The van der Waals surface area contributed by atoms with E-state index >= 15 is 0 Å². The van der Waals surface area contributed by atoms with Gasteiger partial charge in [0.05, 0.1) is 22.8 Å². The molecule has 6 heteroatoms. The zero-order valence-corrected chi connectivity index (χ0v) is 17.6. The summed E-state index contributed by atoms with van der Waals surface area (Å²) in [5.41, 5.74) is 4.13. The van der Waals surface area contributed by atoms with Gasteiger partial charge in [0.1, 0.15) is 6.61 Å². The minimum atomic E-state index is -0.494. The first-order valence-corrected chi connectivity index (χ1v) is 10.0. The second kappa shape index (κ2) is 7.85. The molecule has 5 nitrogen and oxygen atoms in total.